The Bertz CT molecular complexity index is 268. The maximum Gasteiger partial charge on any atom is 0.0700 e. The molecule has 2 rings (SSSR count). The molecule has 0 aromatic heterocycles. The van der Waals surface area contributed by atoms with Crippen LogP contribution >= 0.6 is 0 Å². The van der Waals surface area contributed by atoms with Crippen molar-refractivity contribution in [3.05, 3.63) is 29.3 Å². The number of nitrogens with two attached hydrogens (primary N) is 2. The van der Waals surface area contributed by atoms with E-state index in [-0.39, 0.29) is 0 Å². The molecule has 0 unspecified atom stereocenters. The van der Waals surface area contributed by atoms with Crippen LogP contribution in [0, 0.1) is 0 Å². The zero-order chi connectivity index (χ0) is 7.14. The van der Waals surface area contributed by atoms with Gasteiger partial charge >= 0.3 is 0 Å². The summed E-state index contributed by atoms with van der Waals surface area (Å²) in [6, 6.07) is 5.98. The summed E-state index contributed by atoms with van der Waals surface area (Å²) in [6.07, 6.45) is 1.10. The lowest BCUT2D eigenvalue weighted by Gasteiger charge is -2.09. The molecule has 0 bridgehead atoms. The van der Waals surface area contributed by atoms with Gasteiger partial charge in [0.2, 0.25) is 0 Å². The molecule has 0 amide bonds. The van der Waals surface area contributed by atoms with Crippen molar-refractivity contribution in [1.29, 1.82) is 0 Å². The van der Waals surface area contributed by atoms with Gasteiger partial charge in [-0.25, -0.2) is 16.8 Å². The molecule has 0 saturated carbocycles. The summed E-state index contributed by atoms with van der Waals surface area (Å²) >= 11 is 0. The van der Waals surface area contributed by atoms with Crippen LogP contribution in [0.15, 0.2) is 18.2 Å². The first-order valence-corrected chi connectivity index (χ1v) is 3.19. The molecular formula is C7H9N3. The summed E-state index contributed by atoms with van der Waals surface area (Å²) in [5.41, 5.74) is 3.64. The van der Waals surface area contributed by atoms with Crippen molar-refractivity contribution in [2.24, 2.45) is 11.7 Å². The number of hydrazine groups is 2. The van der Waals surface area contributed by atoms with Crippen molar-refractivity contribution in [3.63, 3.8) is 0 Å². The van der Waals surface area contributed by atoms with Crippen molar-refractivity contribution in [1.82, 2.24) is 0 Å². The lowest BCUT2D eigenvalue weighted by Crippen LogP contribution is -2.37. The Morgan fingerprint density at radius 1 is 1.20 bits per heavy atom. The van der Waals surface area contributed by atoms with Crippen molar-refractivity contribution in [2.75, 3.05) is 5.12 Å². The highest BCUT2D eigenvalue weighted by atomic mass is 15.6. The molecule has 0 spiro atoms. The zero-order valence-corrected chi connectivity index (χ0v) is 5.54. The first-order valence-electron chi connectivity index (χ1n) is 3.19. The third kappa shape index (κ3) is 0.761. The van der Waals surface area contributed by atoms with E-state index in [1.165, 1.54) is 11.1 Å². The van der Waals surface area contributed by atoms with Gasteiger partial charge in [-0.15, -0.1) is 0 Å². The van der Waals surface area contributed by atoms with Gasteiger partial charge in [-0.3, -0.25) is 0 Å². The first kappa shape index (κ1) is 5.70. The van der Waals surface area contributed by atoms with E-state index in [0.717, 1.165) is 17.2 Å². The Hall–Kier alpha value is -1.06. The van der Waals surface area contributed by atoms with Crippen LogP contribution in [0.5, 0.6) is 0 Å². The second-order valence-corrected chi connectivity index (χ2v) is 2.54. The Morgan fingerprint density at radius 3 is 2.60 bits per heavy atom. The Kier molecular flexibility index (Phi) is 0.977. The van der Waals surface area contributed by atoms with Gasteiger partial charge in [-0.1, -0.05) is 6.07 Å². The van der Waals surface area contributed by atoms with Crippen LogP contribution in [-0.4, -0.2) is 0 Å². The van der Waals surface area contributed by atoms with Crippen molar-refractivity contribution >= 4 is 5.69 Å². The number of rotatable bonds is 1. The molecule has 3 heteroatoms. The largest absolute Gasteiger partial charge is 0.247 e. The summed E-state index contributed by atoms with van der Waals surface area (Å²) in [5.74, 6) is 10.6. The summed E-state index contributed by atoms with van der Waals surface area (Å²) in [7, 11) is 0. The number of benzene rings is 1. The summed E-state index contributed by atoms with van der Waals surface area (Å²) in [5, 5.41) is 1.14. The molecule has 1 aliphatic carbocycles. The normalized spacial score (nSPS) is 12.6. The molecule has 10 heavy (non-hydrogen) atoms. The quantitative estimate of drug-likeness (QED) is 0.432. The molecule has 1 aliphatic rings. The molecule has 3 nitrogen and oxygen atoms in total. The maximum absolute atomic E-state index is 5.32. The second-order valence-electron chi connectivity index (χ2n) is 2.54. The standard InChI is InChI=1S/C7H9N3/c8-10(9)7-2-1-5-3-6(5)4-7/h1-2,4H,3,8-9H2. The van der Waals surface area contributed by atoms with E-state index in [1.807, 2.05) is 12.1 Å². The highest BCUT2D eigenvalue weighted by Crippen LogP contribution is 2.30. The van der Waals surface area contributed by atoms with Crippen LogP contribution in [0.3, 0.4) is 0 Å². The number of hydrogen-bond donors (Lipinski definition) is 2. The van der Waals surface area contributed by atoms with Gasteiger partial charge in [0.25, 0.3) is 0 Å². The average molecular weight is 135 g/mol. The monoisotopic (exact) mass is 135 g/mol. The number of anilines is 1. The molecule has 0 aliphatic heterocycles. The lowest BCUT2D eigenvalue weighted by atomic mass is 10.3. The Labute approximate surface area is 59.2 Å². The lowest BCUT2D eigenvalue weighted by molar-refractivity contribution is 0.925. The van der Waals surface area contributed by atoms with Crippen molar-refractivity contribution in [3.8, 4) is 0 Å². The molecule has 52 valence electrons. The first-order chi connectivity index (χ1) is 4.77. The smallest absolute Gasteiger partial charge is 0.0700 e. The maximum atomic E-state index is 5.32. The fourth-order valence-corrected chi connectivity index (χ4v) is 1.04. The molecule has 1 aromatic rings. The zero-order valence-electron chi connectivity index (χ0n) is 5.54. The van der Waals surface area contributed by atoms with Crippen LogP contribution in [0.2, 0.25) is 0 Å². The predicted octanol–water partition coefficient (Wildman–Crippen LogP) is 0.145. The minimum atomic E-state index is 0.872. The molecular weight excluding hydrogens is 126 g/mol. The van der Waals surface area contributed by atoms with Crippen molar-refractivity contribution < 1.29 is 0 Å². The number of fused-ring (bicyclic) bond motifs is 1. The van der Waals surface area contributed by atoms with Gasteiger partial charge in [0.1, 0.15) is 0 Å². The number of nitrogens with zero attached hydrogens (tertiary/aromatic N) is 1. The minimum absolute atomic E-state index is 0.872. The van der Waals surface area contributed by atoms with E-state index in [1.54, 1.807) is 0 Å². The molecule has 0 fully saturated rings. The topological polar surface area (TPSA) is 55.3 Å². The van der Waals surface area contributed by atoms with Gasteiger partial charge in [-0.05, 0) is 29.7 Å². The highest BCUT2D eigenvalue weighted by Gasteiger charge is 2.16. The minimum Gasteiger partial charge on any atom is -0.247 e. The van der Waals surface area contributed by atoms with E-state index in [2.05, 4.69) is 6.07 Å². The molecule has 0 radical (unpaired) electrons. The van der Waals surface area contributed by atoms with Crippen LogP contribution in [0.4, 0.5) is 5.69 Å². The Morgan fingerprint density at radius 2 is 2.00 bits per heavy atom. The highest BCUT2D eigenvalue weighted by molar-refractivity contribution is 5.56. The van der Waals surface area contributed by atoms with Gasteiger partial charge in [0, 0.05) is 0 Å². The molecule has 0 heterocycles. The van der Waals surface area contributed by atoms with Crippen LogP contribution < -0.4 is 16.8 Å². The molecule has 4 N–H and O–H groups in total. The van der Waals surface area contributed by atoms with E-state index in [0.29, 0.717) is 0 Å². The van der Waals surface area contributed by atoms with Crippen molar-refractivity contribution in [2.45, 2.75) is 6.42 Å². The van der Waals surface area contributed by atoms with Crippen LogP contribution in [0.1, 0.15) is 11.1 Å². The fraction of sp³-hybridized carbons (Fsp3) is 0.143. The van der Waals surface area contributed by atoms with Gasteiger partial charge in [0.15, 0.2) is 0 Å². The summed E-state index contributed by atoms with van der Waals surface area (Å²) in [4.78, 5) is 0. The predicted molar refractivity (Wildman–Crippen MR) is 40.1 cm³/mol. The fourth-order valence-electron chi connectivity index (χ4n) is 1.04. The number of hydrogen-bond acceptors (Lipinski definition) is 3. The SMILES string of the molecule is NN(N)c1ccc2c(c1)C2. The third-order valence-corrected chi connectivity index (χ3v) is 1.74. The van der Waals surface area contributed by atoms with Gasteiger partial charge < -0.3 is 0 Å². The van der Waals surface area contributed by atoms with E-state index >= 15 is 0 Å². The van der Waals surface area contributed by atoms with Gasteiger partial charge in [-0.2, -0.15) is 0 Å². The summed E-state index contributed by atoms with van der Waals surface area (Å²) in [6.45, 7) is 0. The van der Waals surface area contributed by atoms with E-state index in [9.17, 15) is 0 Å². The van der Waals surface area contributed by atoms with Gasteiger partial charge in [0.05, 0.1) is 5.69 Å². The molecule has 1 aromatic carbocycles. The molecule has 0 atom stereocenters. The average Bonchev–Trinajstić information content (AvgIpc) is 2.63. The van der Waals surface area contributed by atoms with Crippen LogP contribution in [-0.2, 0) is 6.42 Å². The van der Waals surface area contributed by atoms with E-state index < -0.39 is 0 Å². The second kappa shape index (κ2) is 1.71. The third-order valence-electron chi connectivity index (χ3n) is 1.74. The Balaban J connectivity index is 2.39. The molecule has 0 saturated heterocycles. The summed E-state index contributed by atoms with van der Waals surface area (Å²) < 4.78 is 0. The van der Waals surface area contributed by atoms with E-state index in [4.69, 9.17) is 11.7 Å². The van der Waals surface area contributed by atoms with Crippen LogP contribution in [0.25, 0.3) is 0 Å².